The first-order valence-corrected chi connectivity index (χ1v) is 10.2. The van der Waals surface area contributed by atoms with E-state index in [4.69, 9.17) is 14.5 Å². The highest BCUT2D eigenvalue weighted by Crippen LogP contribution is 2.16. The number of ether oxygens (including phenoxy) is 2. The van der Waals surface area contributed by atoms with Gasteiger partial charge in [-0.25, -0.2) is 19.6 Å². The van der Waals surface area contributed by atoms with Crippen molar-refractivity contribution in [2.24, 2.45) is 0 Å². The molecule has 4 heterocycles. The Morgan fingerprint density at radius 3 is 2.84 bits per heavy atom. The number of fused-ring (bicyclic) bond motifs is 2. The molecule has 0 aliphatic rings. The molecule has 0 bridgehead atoms. The summed E-state index contributed by atoms with van der Waals surface area (Å²) in [6.07, 6.45) is 4.03. The highest BCUT2D eigenvalue weighted by atomic mass is 16.5. The Balaban J connectivity index is 1.37. The van der Waals surface area contributed by atoms with E-state index in [-0.39, 0.29) is 0 Å². The lowest BCUT2D eigenvalue weighted by molar-refractivity contribution is 0.143. The Kier molecular flexibility index (Phi) is 5.63. The van der Waals surface area contributed by atoms with Gasteiger partial charge >= 0.3 is 0 Å². The minimum atomic E-state index is 0.453. The van der Waals surface area contributed by atoms with Gasteiger partial charge in [0.2, 0.25) is 11.5 Å². The maximum absolute atomic E-state index is 5.60. The second-order valence-corrected chi connectivity index (χ2v) is 7.27. The van der Waals surface area contributed by atoms with Gasteiger partial charge in [-0.3, -0.25) is 4.98 Å². The lowest BCUT2D eigenvalue weighted by atomic mass is 10.1. The lowest BCUT2D eigenvalue weighted by Crippen LogP contribution is -2.07. The summed E-state index contributed by atoms with van der Waals surface area (Å²) in [5, 5.41) is 9.50. The molecule has 5 aromatic rings. The molecule has 5 rings (SSSR count). The van der Waals surface area contributed by atoms with Crippen LogP contribution in [0.15, 0.2) is 60.9 Å². The van der Waals surface area contributed by atoms with E-state index in [0.717, 1.165) is 27.9 Å². The smallest absolute Gasteiger partial charge is 0.221 e. The van der Waals surface area contributed by atoms with Crippen LogP contribution in [-0.2, 0) is 17.7 Å². The lowest BCUT2D eigenvalue weighted by Gasteiger charge is -2.07. The average Bonchev–Trinajstić information content (AvgIpc) is 3.21. The molecule has 9 nitrogen and oxygen atoms in total. The molecule has 32 heavy (non-hydrogen) atoms. The van der Waals surface area contributed by atoms with Gasteiger partial charge in [-0.15, -0.1) is 5.10 Å². The Bertz CT molecular complexity index is 1370. The number of methoxy groups -OCH3 is 1. The molecule has 0 amide bonds. The molecule has 0 fully saturated rings. The summed E-state index contributed by atoms with van der Waals surface area (Å²) in [7, 11) is 1.64. The molecule has 0 N–H and O–H groups in total. The molecule has 160 valence electrons. The molecule has 0 spiro atoms. The van der Waals surface area contributed by atoms with Crippen LogP contribution in [0.3, 0.4) is 0 Å². The number of hydrogen-bond acceptors (Lipinski definition) is 8. The van der Waals surface area contributed by atoms with Crippen LogP contribution in [0.4, 0.5) is 0 Å². The van der Waals surface area contributed by atoms with Gasteiger partial charge in [0.05, 0.1) is 36.3 Å². The third-order valence-corrected chi connectivity index (χ3v) is 4.96. The summed E-state index contributed by atoms with van der Waals surface area (Å²) in [5.74, 6) is 0.561. The number of hydrogen-bond donors (Lipinski definition) is 0. The molecule has 0 aliphatic heterocycles. The summed E-state index contributed by atoms with van der Waals surface area (Å²) in [5.41, 5.74) is 4.83. The summed E-state index contributed by atoms with van der Waals surface area (Å²) in [4.78, 5) is 18.1. The number of pyridine rings is 2. The van der Waals surface area contributed by atoms with Crippen molar-refractivity contribution in [3.63, 3.8) is 0 Å². The molecular weight excluding hydrogens is 406 g/mol. The molecule has 1 aromatic carbocycles. The van der Waals surface area contributed by atoms with Crippen LogP contribution in [0, 0.1) is 0 Å². The topological polar surface area (TPSA) is 101 Å². The van der Waals surface area contributed by atoms with E-state index in [1.807, 2.05) is 42.5 Å². The van der Waals surface area contributed by atoms with Gasteiger partial charge in [0.1, 0.15) is 6.61 Å². The van der Waals surface area contributed by atoms with Crippen LogP contribution in [0.5, 0.6) is 5.88 Å². The van der Waals surface area contributed by atoms with Gasteiger partial charge in [0, 0.05) is 31.2 Å². The van der Waals surface area contributed by atoms with Crippen molar-refractivity contribution in [2.75, 3.05) is 20.3 Å². The van der Waals surface area contributed by atoms with Gasteiger partial charge in [0.25, 0.3) is 0 Å². The van der Waals surface area contributed by atoms with Gasteiger partial charge in [-0.1, -0.05) is 23.4 Å². The molecule has 0 unspecified atom stereocenters. The largest absolute Gasteiger partial charge is 0.475 e. The predicted octanol–water partition coefficient (Wildman–Crippen LogP) is 2.83. The fourth-order valence-electron chi connectivity index (χ4n) is 3.43. The highest BCUT2D eigenvalue weighted by Gasteiger charge is 2.11. The van der Waals surface area contributed by atoms with Crippen LogP contribution < -0.4 is 4.74 Å². The van der Waals surface area contributed by atoms with Gasteiger partial charge < -0.3 is 9.47 Å². The fourth-order valence-corrected chi connectivity index (χ4v) is 3.43. The average molecular weight is 427 g/mol. The number of nitrogens with zero attached hydrogens (tertiary/aromatic N) is 7. The highest BCUT2D eigenvalue weighted by molar-refractivity contribution is 5.79. The van der Waals surface area contributed by atoms with E-state index in [1.165, 1.54) is 0 Å². The van der Waals surface area contributed by atoms with Crippen molar-refractivity contribution in [2.45, 2.75) is 13.0 Å². The van der Waals surface area contributed by atoms with E-state index in [1.54, 1.807) is 24.2 Å². The maximum Gasteiger partial charge on any atom is 0.221 e. The second-order valence-electron chi connectivity index (χ2n) is 7.27. The van der Waals surface area contributed by atoms with Gasteiger partial charge in [-0.05, 0) is 29.8 Å². The maximum atomic E-state index is 5.60. The van der Waals surface area contributed by atoms with Crippen molar-refractivity contribution in [1.29, 1.82) is 0 Å². The zero-order valence-electron chi connectivity index (χ0n) is 17.5. The first-order chi connectivity index (χ1) is 15.8. The molecule has 0 atom stereocenters. The minimum absolute atomic E-state index is 0.453. The number of aromatic nitrogens is 7. The predicted molar refractivity (Wildman–Crippen MR) is 118 cm³/mol. The van der Waals surface area contributed by atoms with Crippen LogP contribution in [-0.4, -0.2) is 55.3 Å². The summed E-state index contributed by atoms with van der Waals surface area (Å²) in [6.45, 7) is 1.51. The van der Waals surface area contributed by atoms with E-state index in [0.29, 0.717) is 43.4 Å². The quantitative estimate of drug-likeness (QED) is 0.349. The Morgan fingerprint density at radius 2 is 1.91 bits per heavy atom. The van der Waals surface area contributed by atoms with E-state index >= 15 is 0 Å². The second kappa shape index (κ2) is 9.03. The SMILES string of the molecule is COCCOc1cccc(Cc2cnc3nnn(Cc4ccc5ncccc5c4)c3n2)n1. The van der Waals surface area contributed by atoms with Gasteiger partial charge in [-0.2, -0.15) is 0 Å². The van der Waals surface area contributed by atoms with Gasteiger partial charge in [0.15, 0.2) is 5.65 Å². The van der Waals surface area contributed by atoms with Crippen molar-refractivity contribution in [3.05, 3.63) is 77.9 Å². The van der Waals surface area contributed by atoms with Crippen molar-refractivity contribution in [3.8, 4) is 5.88 Å². The Morgan fingerprint density at radius 1 is 0.938 bits per heavy atom. The number of benzene rings is 1. The summed E-state index contributed by atoms with van der Waals surface area (Å²) in [6, 6.07) is 15.8. The van der Waals surface area contributed by atoms with Crippen molar-refractivity contribution in [1.82, 2.24) is 34.9 Å². The van der Waals surface area contributed by atoms with E-state index in [9.17, 15) is 0 Å². The fraction of sp³-hybridized carbons (Fsp3) is 0.217. The minimum Gasteiger partial charge on any atom is -0.475 e. The first-order valence-electron chi connectivity index (χ1n) is 10.2. The third-order valence-electron chi connectivity index (χ3n) is 4.96. The van der Waals surface area contributed by atoms with E-state index in [2.05, 4.69) is 31.3 Å². The normalized spacial score (nSPS) is 11.3. The van der Waals surface area contributed by atoms with E-state index < -0.39 is 0 Å². The molecule has 0 saturated carbocycles. The van der Waals surface area contributed by atoms with Crippen LogP contribution >= 0.6 is 0 Å². The van der Waals surface area contributed by atoms with Crippen LogP contribution in [0.25, 0.3) is 22.2 Å². The summed E-state index contributed by atoms with van der Waals surface area (Å²) < 4.78 is 12.4. The van der Waals surface area contributed by atoms with Crippen LogP contribution in [0.2, 0.25) is 0 Å². The van der Waals surface area contributed by atoms with Crippen molar-refractivity contribution >= 4 is 22.2 Å². The molecule has 0 radical (unpaired) electrons. The molecule has 4 aromatic heterocycles. The Labute approximate surface area is 184 Å². The zero-order chi connectivity index (χ0) is 21.8. The molecule has 0 aliphatic carbocycles. The standard InChI is InChI=1S/C23H21N7O2/c1-31-10-11-32-21-6-2-5-18(26-21)13-19-14-25-22-23(27-19)30(29-28-22)15-16-7-8-20-17(12-16)4-3-9-24-20/h2-9,12,14H,10-11,13,15H2,1H3. The van der Waals surface area contributed by atoms with Crippen molar-refractivity contribution < 1.29 is 9.47 Å². The molecular formula is C23H21N7O2. The third kappa shape index (κ3) is 4.37. The molecule has 9 heteroatoms. The monoisotopic (exact) mass is 427 g/mol. The zero-order valence-corrected chi connectivity index (χ0v) is 17.5. The first kappa shape index (κ1) is 20.0. The number of rotatable bonds is 8. The van der Waals surface area contributed by atoms with Crippen LogP contribution in [0.1, 0.15) is 17.0 Å². The molecule has 0 saturated heterocycles. The summed E-state index contributed by atoms with van der Waals surface area (Å²) >= 11 is 0. The Hall–Kier alpha value is -3.98.